The molecule has 0 radical (unpaired) electrons. The van der Waals surface area contributed by atoms with Crippen LogP contribution in [0, 0.1) is 6.92 Å². The number of hydrogen-bond acceptors (Lipinski definition) is 2. The summed E-state index contributed by atoms with van der Waals surface area (Å²) >= 11 is 0. The van der Waals surface area contributed by atoms with Crippen LogP contribution in [0.3, 0.4) is 0 Å². The van der Waals surface area contributed by atoms with Gasteiger partial charge >= 0.3 is 0 Å². The first kappa shape index (κ1) is 8.73. The number of methoxy groups -OCH3 is 1. The first-order valence-corrected chi connectivity index (χ1v) is 4.47. The van der Waals surface area contributed by atoms with Gasteiger partial charge in [0.15, 0.2) is 0 Å². The molecule has 0 bridgehead atoms. The molecule has 1 fully saturated rings. The molecule has 13 heavy (non-hydrogen) atoms. The molecule has 0 amide bonds. The van der Waals surface area contributed by atoms with Gasteiger partial charge in [-0.2, -0.15) is 0 Å². The van der Waals surface area contributed by atoms with E-state index in [1.807, 2.05) is 0 Å². The van der Waals surface area contributed by atoms with Gasteiger partial charge in [0.2, 0.25) is 0 Å². The van der Waals surface area contributed by atoms with Gasteiger partial charge in [0.05, 0.1) is 13.2 Å². The van der Waals surface area contributed by atoms with E-state index in [0.29, 0.717) is 13.2 Å². The lowest BCUT2D eigenvalue weighted by Gasteiger charge is -2.40. The van der Waals surface area contributed by atoms with Crippen molar-refractivity contribution in [2.75, 3.05) is 20.3 Å². The standard InChI is InChI=1S/C11H14O2/c1-9-4-3-5-10(6-9)11(12-2)7-13-8-11/h3-6H,7-8H2,1-2H3. The summed E-state index contributed by atoms with van der Waals surface area (Å²) in [5.41, 5.74) is 2.31. The van der Waals surface area contributed by atoms with Crippen LogP contribution >= 0.6 is 0 Å². The van der Waals surface area contributed by atoms with Crippen molar-refractivity contribution in [1.82, 2.24) is 0 Å². The molecule has 1 aromatic carbocycles. The topological polar surface area (TPSA) is 18.5 Å². The summed E-state index contributed by atoms with van der Waals surface area (Å²) in [6.45, 7) is 3.44. The van der Waals surface area contributed by atoms with E-state index in [1.165, 1.54) is 11.1 Å². The second-order valence-electron chi connectivity index (χ2n) is 3.56. The molecule has 0 aliphatic carbocycles. The minimum atomic E-state index is -0.175. The predicted octanol–water partition coefficient (Wildman–Crippen LogP) is 1.87. The Balaban J connectivity index is 2.33. The maximum Gasteiger partial charge on any atom is 0.139 e. The van der Waals surface area contributed by atoms with Crippen molar-refractivity contribution >= 4 is 0 Å². The third-order valence-electron chi connectivity index (χ3n) is 2.61. The molecule has 0 unspecified atom stereocenters. The highest BCUT2D eigenvalue weighted by atomic mass is 16.6. The quantitative estimate of drug-likeness (QED) is 0.688. The highest BCUT2D eigenvalue weighted by Crippen LogP contribution is 2.33. The molecule has 0 spiro atoms. The highest BCUT2D eigenvalue weighted by Gasteiger charge is 2.40. The highest BCUT2D eigenvalue weighted by molar-refractivity contribution is 5.29. The second kappa shape index (κ2) is 3.13. The van der Waals surface area contributed by atoms with Crippen LogP contribution in [0.5, 0.6) is 0 Å². The Kier molecular flexibility index (Phi) is 2.10. The second-order valence-corrected chi connectivity index (χ2v) is 3.56. The first-order chi connectivity index (χ1) is 6.27. The molecule has 0 atom stereocenters. The van der Waals surface area contributed by atoms with E-state index >= 15 is 0 Å². The van der Waals surface area contributed by atoms with Crippen LogP contribution in [-0.2, 0) is 15.1 Å². The van der Waals surface area contributed by atoms with E-state index in [2.05, 4.69) is 31.2 Å². The number of benzene rings is 1. The number of aryl methyl sites for hydroxylation is 1. The van der Waals surface area contributed by atoms with Gasteiger partial charge in [0, 0.05) is 7.11 Å². The molecule has 1 heterocycles. The molecule has 0 aromatic heterocycles. The lowest BCUT2D eigenvalue weighted by molar-refractivity contribution is -0.202. The summed E-state index contributed by atoms with van der Waals surface area (Å²) in [5, 5.41) is 0. The number of rotatable bonds is 2. The Morgan fingerprint density at radius 2 is 2.15 bits per heavy atom. The zero-order valence-corrected chi connectivity index (χ0v) is 8.04. The molecular formula is C11H14O2. The Morgan fingerprint density at radius 3 is 2.62 bits per heavy atom. The molecule has 0 N–H and O–H groups in total. The normalized spacial score (nSPS) is 19.5. The van der Waals surface area contributed by atoms with Crippen molar-refractivity contribution in [3.63, 3.8) is 0 Å². The molecule has 1 aliphatic heterocycles. The lowest BCUT2D eigenvalue weighted by atomic mass is 9.91. The van der Waals surface area contributed by atoms with Gasteiger partial charge in [-0.15, -0.1) is 0 Å². The summed E-state index contributed by atoms with van der Waals surface area (Å²) in [6, 6.07) is 8.40. The third kappa shape index (κ3) is 1.36. The fraction of sp³-hybridized carbons (Fsp3) is 0.455. The van der Waals surface area contributed by atoms with Crippen molar-refractivity contribution in [3.8, 4) is 0 Å². The fourth-order valence-corrected chi connectivity index (χ4v) is 1.62. The predicted molar refractivity (Wildman–Crippen MR) is 50.7 cm³/mol. The largest absolute Gasteiger partial charge is 0.375 e. The molecule has 1 aliphatic rings. The summed E-state index contributed by atoms with van der Waals surface area (Å²) < 4.78 is 10.7. The van der Waals surface area contributed by atoms with Gasteiger partial charge in [-0.05, 0) is 12.5 Å². The van der Waals surface area contributed by atoms with Crippen molar-refractivity contribution in [3.05, 3.63) is 35.4 Å². The van der Waals surface area contributed by atoms with Gasteiger partial charge in [0.1, 0.15) is 5.60 Å². The van der Waals surface area contributed by atoms with E-state index < -0.39 is 0 Å². The third-order valence-corrected chi connectivity index (χ3v) is 2.61. The molecule has 70 valence electrons. The molecule has 1 saturated heterocycles. The Hall–Kier alpha value is -0.860. The van der Waals surface area contributed by atoms with Crippen LogP contribution in [0.15, 0.2) is 24.3 Å². The summed E-state index contributed by atoms with van der Waals surface area (Å²) in [6.07, 6.45) is 0. The van der Waals surface area contributed by atoms with E-state index in [0.717, 1.165) is 0 Å². The molecule has 2 heteroatoms. The minimum Gasteiger partial charge on any atom is -0.375 e. The lowest BCUT2D eigenvalue weighted by Crippen LogP contribution is -2.48. The Bertz CT molecular complexity index is 297. The molecule has 1 aromatic rings. The molecule has 0 saturated carbocycles. The van der Waals surface area contributed by atoms with E-state index in [-0.39, 0.29) is 5.60 Å². The summed E-state index contributed by atoms with van der Waals surface area (Å²) in [7, 11) is 1.74. The van der Waals surface area contributed by atoms with Gasteiger partial charge in [-0.1, -0.05) is 29.8 Å². The average molecular weight is 178 g/mol. The molecule has 2 rings (SSSR count). The van der Waals surface area contributed by atoms with Crippen LogP contribution in [0.2, 0.25) is 0 Å². The van der Waals surface area contributed by atoms with E-state index in [1.54, 1.807) is 7.11 Å². The van der Waals surface area contributed by atoms with Crippen molar-refractivity contribution in [2.45, 2.75) is 12.5 Å². The van der Waals surface area contributed by atoms with Gasteiger partial charge in [0.25, 0.3) is 0 Å². The zero-order chi connectivity index (χ0) is 9.31. The SMILES string of the molecule is COC1(c2cccc(C)c2)COC1. The Morgan fingerprint density at radius 1 is 1.38 bits per heavy atom. The first-order valence-electron chi connectivity index (χ1n) is 4.47. The maximum atomic E-state index is 5.49. The average Bonchev–Trinajstić information content (AvgIpc) is 2.03. The van der Waals surface area contributed by atoms with Crippen molar-refractivity contribution < 1.29 is 9.47 Å². The minimum absolute atomic E-state index is 0.175. The van der Waals surface area contributed by atoms with E-state index in [4.69, 9.17) is 9.47 Å². The van der Waals surface area contributed by atoms with Crippen molar-refractivity contribution in [1.29, 1.82) is 0 Å². The Labute approximate surface area is 78.5 Å². The van der Waals surface area contributed by atoms with Crippen molar-refractivity contribution in [2.24, 2.45) is 0 Å². The van der Waals surface area contributed by atoms with Crippen LogP contribution in [0.25, 0.3) is 0 Å². The molecule has 2 nitrogen and oxygen atoms in total. The summed E-state index contributed by atoms with van der Waals surface area (Å²) in [4.78, 5) is 0. The van der Waals surface area contributed by atoms with E-state index in [9.17, 15) is 0 Å². The summed E-state index contributed by atoms with van der Waals surface area (Å²) in [5.74, 6) is 0. The van der Waals surface area contributed by atoms with Crippen LogP contribution in [0.4, 0.5) is 0 Å². The molecular weight excluding hydrogens is 164 g/mol. The number of ether oxygens (including phenoxy) is 2. The monoisotopic (exact) mass is 178 g/mol. The van der Waals surface area contributed by atoms with Gasteiger partial charge in [-0.3, -0.25) is 0 Å². The van der Waals surface area contributed by atoms with Gasteiger partial charge < -0.3 is 9.47 Å². The van der Waals surface area contributed by atoms with Crippen LogP contribution in [-0.4, -0.2) is 20.3 Å². The van der Waals surface area contributed by atoms with Gasteiger partial charge in [-0.25, -0.2) is 0 Å². The number of hydrogen-bond donors (Lipinski definition) is 0. The fourth-order valence-electron chi connectivity index (χ4n) is 1.62. The maximum absolute atomic E-state index is 5.49. The van der Waals surface area contributed by atoms with Crippen LogP contribution < -0.4 is 0 Å². The van der Waals surface area contributed by atoms with Crippen LogP contribution in [0.1, 0.15) is 11.1 Å². The smallest absolute Gasteiger partial charge is 0.139 e. The zero-order valence-electron chi connectivity index (χ0n) is 8.04.